The lowest BCUT2D eigenvalue weighted by Gasteiger charge is -2.37. The van der Waals surface area contributed by atoms with Crippen LogP contribution >= 0.6 is 0 Å². The topological polar surface area (TPSA) is 105 Å². The summed E-state index contributed by atoms with van der Waals surface area (Å²) >= 11 is 0. The highest BCUT2D eigenvalue weighted by molar-refractivity contribution is 6.73. The molecule has 0 fully saturated rings. The second-order valence-corrected chi connectivity index (χ2v) is 18.1. The zero-order valence-electron chi connectivity index (χ0n) is 16.4. The summed E-state index contributed by atoms with van der Waals surface area (Å²) in [4.78, 5) is 25.3. The van der Waals surface area contributed by atoms with Gasteiger partial charge in [0.15, 0.2) is 22.6 Å². The lowest BCUT2D eigenvalue weighted by Crippen LogP contribution is -2.40. The Labute approximate surface area is 144 Å². The van der Waals surface area contributed by atoms with E-state index in [0.29, 0.717) is 0 Å². The molecule has 0 radical (unpaired) electrons. The third-order valence-electron chi connectivity index (χ3n) is 5.85. The maximum atomic E-state index is 10.4. The molecule has 23 heavy (non-hydrogen) atoms. The van der Waals surface area contributed by atoms with E-state index in [2.05, 4.69) is 32.7 Å². The van der Waals surface area contributed by atoms with Crippen LogP contribution in [0.2, 0.25) is 36.3 Å². The van der Waals surface area contributed by atoms with Gasteiger partial charge >= 0.3 is 0 Å². The normalized spacial score (nSPS) is 14.2. The molecule has 5 nitrogen and oxygen atoms in total. The molecule has 6 N–H and O–H groups in total. The monoisotopic (exact) mass is 361 g/mol. The van der Waals surface area contributed by atoms with E-state index in [-0.39, 0.29) is 22.1 Å². The van der Waals surface area contributed by atoms with Crippen LogP contribution in [0.1, 0.15) is 53.4 Å². The number of aliphatic imine (C=N–C) groups is 1. The fourth-order valence-corrected chi connectivity index (χ4v) is 3.66. The van der Waals surface area contributed by atoms with E-state index in [1.54, 1.807) is 0 Å². The Morgan fingerprint density at radius 3 is 1.39 bits per heavy atom. The van der Waals surface area contributed by atoms with Crippen molar-refractivity contribution in [2.45, 2.75) is 95.7 Å². The first-order valence-corrected chi connectivity index (χ1v) is 14.4. The molecule has 0 rings (SSSR count). The fraction of sp³-hybridized carbons (Fsp3) is 0.938. The lowest BCUT2D eigenvalue weighted by atomic mass is 9.96. The quantitative estimate of drug-likeness (QED) is 0.287. The second-order valence-electron chi connectivity index (χ2n) is 9.17. The summed E-state index contributed by atoms with van der Waals surface area (Å²) in [5.41, 5.74) is 11.2. The minimum absolute atomic E-state index is 0.0475. The summed E-state index contributed by atoms with van der Waals surface area (Å²) in [6.45, 7) is 16.4. The summed E-state index contributed by atoms with van der Waals surface area (Å²) < 4.78 is 0. The fourth-order valence-electron chi connectivity index (χ4n) is 2.15. The van der Waals surface area contributed by atoms with Crippen LogP contribution in [0.5, 0.6) is 0 Å². The number of nitrogens with two attached hydrogens (primary N) is 2. The van der Waals surface area contributed by atoms with Crippen molar-refractivity contribution in [3.8, 4) is 0 Å². The van der Waals surface area contributed by atoms with Crippen LogP contribution in [0.4, 0.5) is 0 Å². The molecule has 138 valence electrons. The summed E-state index contributed by atoms with van der Waals surface area (Å²) in [5.74, 6) is 0.117. The van der Waals surface area contributed by atoms with Crippen LogP contribution in [0, 0.1) is 0 Å². The first-order chi connectivity index (χ1) is 9.99. The second kappa shape index (κ2) is 7.67. The Kier molecular flexibility index (Phi) is 7.55. The molecule has 0 atom stereocenters. The predicted molar refractivity (Wildman–Crippen MR) is 106 cm³/mol. The van der Waals surface area contributed by atoms with Gasteiger partial charge in [-0.3, -0.25) is 4.99 Å². The first kappa shape index (κ1) is 22.6. The largest absolute Gasteiger partial charge is 0.432 e. The van der Waals surface area contributed by atoms with E-state index in [1.165, 1.54) is 0 Å². The van der Waals surface area contributed by atoms with E-state index in [4.69, 9.17) is 11.5 Å². The molecule has 0 aliphatic heterocycles. The number of hydrogen-bond acceptors (Lipinski definition) is 3. The SMILES string of the molecule is CC(C)(CCC(CCC(C)(C)[Si](C)(C)O)N=C(N)N)[Si](C)(C)O. The molecule has 0 heterocycles. The first-order valence-electron chi connectivity index (χ1n) is 8.53. The van der Waals surface area contributed by atoms with E-state index in [9.17, 15) is 9.59 Å². The Hall–Kier alpha value is -0.376. The third kappa shape index (κ3) is 7.37. The summed E-state index contributed by atoms with van der Waals surface area (Å²) in [5, 5.41) is -0.157. The van der Waals surface area contributed by atoms with Gasteiger partial charge < -0.3 is 21.1 Å². The molecule has 0 saturated heterocycles. The van der Waals surface area contributed by atoms with E-state index >= 15 is 0 Å². The Balaban J connectivity index is 4.91. The maximum Gasteiger partial charge on any atom is 0.188 e. The number of nitrogens with zero attached hydrogens (tertiary/aromatic N) is 1. The highest BCUT2D eigenvalue weighted by atomic mass is 28.4. The molecule has 0 spiro atoms. The number of guanidine groups is 1. The Bertz CT molecular complexity index is 377. The molecular formula is C16H39N3O2Si2. The molecule has 0 aromatic carbocycles. The van der Waals surface area contributed by atoms with Crippen molar-refractivity contribution in [1.29, 1.82) is 0 Å². The number of hydrogen-bond donors (Lipinski definition) is 4. The van der Waals surface area contributed by atoms with Crippen molar-refractivity contribution in [2.75, 3.05) is 0 Å². The van der Waals surface area contributed by atoms with Gasteiger partial charge in [-0.25, -0.2) is 0 Å². The van der Waals surface area contributed by atoms with Gasteiger partial charge in [0.1, 0.15) is 0 Å². The molecule has 0 bridgehead atoms. The molecular weight excluding hydrogens is 322 g/mol. The molecule has 0 amide bonds. The highest BCUT2D eigenvalue weighted by Crippen LogP contribution is 2.43. The van der Waals surface area contributed by atoms with Crippen LogP contribution in [-0.2, 0) is 0 Å². The Morgan fingerprint density at radius 1 is 0.870 bits per heavy atom. The standard InChI is InChI=1S/C16H39N3O2Si2/c1-15(2,22(5,6)20)11-9-13(19-14(17)18)10-12-16(3,4)23(7,8)21/h13,20-21H,9-12H2,1-8H3,(H4,17,18,19). The Morgan fingerprint density at radius 2 is 1.17 bits per heavy atom. The van der Waals surface area contributed by atoms with Gasteiger partial charge in [0.25, 0.3) is 0 Å². The van der Waals surface area contributed by atoms with Crippen LogP contribution in [0.15, 0.2) is 4.99 Å². The van der Waals surface area contributed by atoms with Crippen LogP contribution < -0.4 is 11.5 Å². The van der Waals surface area contributed by atoms with Gasteiger partial charge in [-0.15, -0.1) is 0 Å². The number of rotatable bonds is 9. The van der Waals surface area contributed by atoms with Gasteiger partial charge in [0.2, 0.25) is 0 Å². The van der Waals surface area contributed by atoms with Gasteiger partial charge in [0, 0.05) is 0 Å². The molecule has 7 heteroatoms. The van der Waals surface area contributed by atoms with Crippen molar-refractivity contribution >= 4 is 22.6 Å². The van der Waals surface area contributed by atoms with E-state index in [0.717, 1.165) is 25.7 Å². The highest BCUT2D eigenvalue weighted by Gasteiger charge is 2.39. The van der Waals surface area contributed by atoms with E-state index < -0.39 is 16.6 Å². The van der Waals surface area contributed by atoms with Crippen molar-refractivity contribution in [3.63, 3.8) is 0 Å². The average molecular weight is 362 g/mol. The van der Waals surface area contributed by atoms with Crippen molar-refractivity contribution in [1.82, 2.24) is 0 Å². The van der Waals surface area contributed by atoms with Crippen LogP contribution in [-0.4, -0.2) is 38.2 Å². The third-order valence-corrected chi connectivity index (χ3v) is 13.0. The predicted octanol–water partition coefficient (Wildman–Crippen LogP) is 3.14. The minimum Gasteiger partial charge on any atom is -0.432 e. The maximum absolute atomic E-state index is 10.4. The smallest absolute Gasteiger partial charge is 0.188 e. The van der Waals surface area contributed by atoms with Gasteiger partial charge in [-0.2, -0.15) is 0 Å². The van der Waals surface area contributed by atoms with Gasteiger partial charge in [-0.1, -0.05) is 27.7 Å². The average Bonchev–Trinajstić information content (AvgIpc) is 2.29. The summed E-state index contributed by atoms with van der Waals surface area (Å²) in [6, 6.07) is 0.0475. The van der Waals surface area contributed by atoms with Crippen LogP contribution in [0.3, 0.4) is 0 Å². The molecule has 0 aliphatic rings. The summed E-state index contributed by atoms with van der Waals surface area (Å²) in [7, 11) is -4.45. The zero-order chi connectivity index (χ0) is 18.7. The molecule has 0 saturated carbocycles. The van der Waals surface area contributed by atoms with Gasteiger partial charge in [-0.05, 0) is 61.9 Å². The minimum atomic E-state index is -2.23. The molecule has 0 aromatic rings. The van der Waals surface area contributed by atoms with Crippen molar-refractivity contribution in [2.24, 2.45) is 16.5 Å². The summed E-state index contributed by atoms with van der Waals surface area (Å²) in [6.07, 6.45) is 3.49. The van der Waals surface area contributed by atoms with E-state index in [1.807, 2.05) is 26.2 Å². The van der Waals surface area contributed by atoms with Crippen molar-refractivity contribution < 1.29 is 9.59 Å². The zero-order valence-corrected chi connectivity index (χ0v) is 18.4. The molecule has 0 aliphatic carbocycles. The van der Waals surface area contributed by atoms with Gasteiger partial charge in [0.05, 0.1) is 6.04 Å². The van der Waals surface area contributed by atoms with Crippen molar-refractivity contribution in [3.05, 3.63) is 0 Å². The lowest BCUT2D eigenvalue weighted by molar-refractivity contribution is 0.393. The molecule has 0 aromatic heterocycles. The molecule has 0 unspecified atom stereocenters. The van der Waals surface area contributed by atoms with Crippen LogP contribution in [0.25, 0.3) is 0 Å².